The van der Waals surface area contributed by atoms with Gasteiger partial charge < -0.3 is 4.74 Å². The normalized spacial score (nSPS) is 15.0. The second kappa shape index (κ2) is 6.02. The first-order valence-corrected chi connectivity index (χ1v) is 7.50. The van der Waals surface area contributed by atoms with Gasteiger partial charge in [-0.15, -0.1) is 0 Å². The lowest BCUT2D eigenvalue weighted by Crippen LogP contribution is -2.28. The molecule has 1 aromatic rings. The average molecular weight is 234 g/mol. The minimum Gasteiger partial charge on any atom is -0.377 e. The molecule has 1 aromatic carbocycles. The second-order valence-corrected chi connectivity index (χ2v) is 7.18. The zero-order chi connectivity index (χ0) is 12.0. The summed E-state index contributed by atoms with van der Waals surface area (Å²) in [5.41, 5.74) is 3.97. The lowest BCUT2D eigenvalue weighted by Gasteiger charge is -2.24. The molecule has 1 nitrogen and oxygen atoms in total. The molecule has 0 saturated carbocycles. The van der Waals surface area contributed by atoms with Gasteiger partial charge in [0, 0.05) is 5.73 Å². The van der Waals surface area contributed by atoms with Gasteiger partial charge in [0.1, 0.15) is 0 Å². The molecule has 0 saturated heterocycles. The second-order valence-electron chi connectivity index (χ2n) is 5.09. The fraction of sp³-hybridized carbons (Fsp3) is 0.429. The van der Waals surface area contributed by atoms with Gasteiger partial charge in [0.25, 0.3) is 0 Å². The van der Waals surface area contributed by atoms with Crippen LogP contribution in [-0.2, 0) is 4.74 Å². The van der Waals surface area contributed by atoms with Crippen LogP contribution in [0.2, 0.25) is 0 Å². The average Bonchev–Trinajstić information content (AvgIpc) is 2.16. The van der Waals surface area contributed by atoms with Crippen LogP contribution in [0.5, 0.6) is 0 Å². The Balaban J connectivity index is 2.37. The molecule has 88 valence electrons. The summed E-state index contributed by atoms with van der Waals surface area (Å²) in [4.78, 5) is 0. The quantitative estimate of drug-likeness (QED) is 0.728. The standard InChI is InChI=1S/C14H22OSi/c1-12(15-14(2,3)4)16-11-10-13-8-6-5-7-9-13/h5-12H,16H2,1-4H3. The Morgan fingerprint density at radius 1 is 1.19 bits per heavy atom. The van der Waals surface area contributed by atoms with Crippen LogP contribution in [0.4, 0.5) is 0 Å². The van der Waals surface area contributed by atoms with E-state index in [1.165, 1.54) is 5.56 Å². The number of ether oxygens (including phenoxy) is 1. The van der Waals surface area contributed by atoms with Crippen LogP contribution in [0, 0.1) is 0 Å². The fourth-order valence-corrected chi connectivity index (χ4v) is 3.00. The van der Waals surface area contributed by atoms with Gasteiger partial charge in [-0.1, -0.05) is 42.1 Å². The molecule has 0 radical (unpaired) electrons. The zero-order valence-corrected chi connectivity index (χ0v) is 12.1. The zero-order valence-electron chi connectivity index (χ0n) is 10.7. The number of hydrogen-bond acceptors (Lipinski definition) is 1. The summed E-state index contributed by atoms with van der Waals surface area (Å²) in [5, 5.41) is 0. The van der Waals surface area contributed by atoms with E-state index in [9.17, 15) is 0 Å². The van der Waals surface area contributed by atoms with E-state index >= 15 is 0 Å². The molecule has 2 heteroatoms. The Morgan fingerprint density at radius 3 is 2.38 bits per heavy atom. The summed E-state index contributed by atoms with van der Waals surface area (Å²) in [6.45, 7) is 8.50. The Kier molecular flexibility index (Phi) is 4.96. The number of hydrogen-bond donors (Lipinski definition) is 0. The molecule has 0 fully saturated rings. The van der Waals surface area contributed by atoms with E-state index in [0.29, 0.717) is 5.73 Å². The third-order valence-corrected chi connectivity index (χ3v) is 3.47. The van der Waals surface area contributed by atoms with Gasteiger partial charge in [-0.05, 0) is 33.3 Å². The van der Waals surface area contributed by atoms with Gasteiger partial charge >= 0.3 is 0 Å². The molecule has 1 rings (SSSR count). The van der Waals surface area contributed by atoms with Crippen molar-refractivity contribution in [2.45, 2.75) is 39.0 Å². The minimum absolute atomic E-state index is 0.0208. The largest absolute Gasteiger partial charge is 0.377 e. The first kappa shape index (κ1) is 13.2. The van der Waals surface area contributed by atoms with Crippen molar-refractivity contribution in [3.05, 3.63) is 41.6 Å². The van der Waals surface area contributed by atoms with E-state index in [1.807, 2.05) is 6.07 Å². The van der Waals surface area contributed by atoms with E-state index in [4.69, 9.17) is 4.74 Å². The molecule has 0 N–H and O–H groups in total. The van der Waals surface area contributed by atoms with Crippen LogP contribution >= 0.6 is 0 Å². The maximum Gasteiger partial charge on any atom is 0.0792 e. The lowest BCUT2D eigenvalue weighted by atomic mass is 10.2. The van der Waals surface area contributed by atoms with Gasteiger partial charge in [-0.2, -0.15) is 0 Å². The third kappa shape index (κ3) is 5.88. The van der Waals surface area contributed by atoms with Gasteiger partial charge in [-0.25, -0.2) is 0 Å². The van der Waals surface area contributed by atoms with E-state index in [1.54, 1.807) is 0 Å². The van der Waals surface area contributed by atoms with Crippen molar-refractivity contribution in [2.75, 3.05) is 0 Å². The summed E-state index contributed by atoms with van der Waals surface area (Å²) in [7, 11) is -0.291. The van der Waals surface area contributed by atoms with E-state index in [0.717, 1.165) is 0 Å². The molecule has 0 bridgehead atoms. The Bertz CT molecular complexity index is 324. The third-order valence-electron chi connectivity index (χ3n) is 2.13. The molecule has 1 unspecified atom stereocenters. The summed E-state index contributed by atoms with van der Waals surface area (Å²) in [5.74, 6) is 0. The Hall–Kier alpha value is -0.863. The van der Waals surface area contributed by atoms with Gasteiger partial charge in [0.15, 0.2) is 0 Å². The maximum absolute atomic E-state index is 5.89. The summed E-state index contributed by atoms with van der Waals surface area (Å²) >= 11 is 0. The van der Waals surface area contributed by atoms with Crippen molar-refractivity contribution in [2.24, 2.45) is 0 Å². The summed E-state index contributed by atoms with van der Waals surface area (Å²) in [6, 6.07) is 10.4. The highest BCUT2D eigenvalue weighted by molar-refractivity contribution is 6.44. The summed E-state index contributed by atoms with van der Waals surface area (Å²) < 4.78 is 5.89. The maximum atomic E-state index is 5.89. The highest BCUT2D eigenvalue weighted by Gasteiger charge is 2.13. The first-order valence-electron chi connectivity index (χ1n) is 5.87. The molecule has 0 aliphatic rings. The van der Waals surface area contributed by atoms with Crippen molar-refractivity contribution in [3.63, 3.8) is 0 Å². The monoisotopic (exact) mass is 234 g/mol. The fourth-order valence-electron chi connectivity index (χ4n) is 1.61. The van der Waals surface area contributed by atoms with E-state index in [-0.39, 0.29) is 15.1 Å². The summed E-state index contributed by atoms with van der Waals surface area (Å²) in [6.07, 6.45) is 2.20. The van der Waals surface area contributed by atoms with Crippen molar-refractivity contribution >= 4 is 15.6 Å². The van der Waals surface area contributed by atoms with E-state index < -0.39 is 0 Å². The van der Waals surface area contributed by atoms with Crippen LogP contribution in [0.3, 0.4) is 0 Å². The minimum atomic E-state index is -0.291. The molecule has 1 atom stereocenters. The molecule has 0 aliphatic carbocycles. The number of benzene rings is 1. The molecule has 0 spiro atoms. The molecule has 16 heavy (non-hydrogen) atoms. The lowest BCUT2D eigenvalue weighted by molar-refractivity contribution is -0.0163. The SMILES string of the molecule is CC(OC(C)(C)C)[SiH2]C=Cc1ccccc1. The Morgan fingerprint density at radius 2 is 1.81 bits per heavy atom. The first-order chi connectivity index (χ1) is 7.47. The van der Waals surface area contributed by atoms with Crippen LogP contribution in [0.15, 0.2) is 36.0 Å². The Labute approximate surface area is 101 Å². The predicted octanol–water partition coefficient (Wildman–Crippen LogP) is 2.99. The van der Waals surface area contributed by atoms with Crippen LogP contribution in [0.25, 0.3) is 6.08 Å². The van der Waals surface area contributed by atoms with Gasteiger partial charge in [-0.3, -0.25) is 0 Å². The highest BCUT2D eigenvalue weighted by Crippen LogP contribution is 2.10. The van der Waals surface area contributed by atoms with Gasteiger partial charge in [0.05, 0.1) is 15.1 Å². The molecule has 0 heterocycles. The molecular weight excluding hydrogens is 212 g/mol. The highest BCUT2D eigenvalue weighted by atomic mass is 28.2. The van der Waals surface area contributed by atoms with E-state index in [2.05, 4.69) is 63.7 Å². The number of rotatable bonds is 4. The van der Waals surface area contributed by atoms with Crippen LogP contribution < -0.4 is 0 Å². The van der Waals surface area contributed by atoms with Crippen LogP contribution in [0.1, 0.15) is 33.3 Å². The van der Waals surface area contributed by atoms with Gasteiger partial charge in [0.2, 0.25) is 0 Å². The molecule has 0 aromatic heterocycles. The molecular formula is C14H22OSi. The smallest absolute Gasteiger partial charge is 0.0792 e. The molecule has 0 aliphatic heterocycles. The van der Waals surface area contributed by atoms with Crippen LogP contribution in [-0.4, -0.2) is 20.8 Å². The van der Waals surface area contributed by atoms with Crippen molar-refractivity contribution in [3.8, 4) is 0 Å². The van der Waals surface area contributed by atoms with Crippen molar-refractivity contribution in [1.82, 2.24) is 0 Å². The topological polar surface area (TPSA) is 9.23 Å². The van der Waals surface area contributed by atoms with Crippen molar-refractivity contribution < 1.29 is 4.74 Å². The predicted molar refractivity (Wildman–Crippen MR) is 74.3 cm³/mol. The van der Waals surface area contributed by atoms with Crippen molar-refractivity contribution in [1.29, 1.82) is 0 Å². The molecule has 0 amide bonds.